The molecule has 1 aromatic heterocycles. The van der Waals surface area contributed by atoms with Crippen LogP contribution in [-0.2, 0) is 6.54 Å². The van der Waals surface area contributed by atoms with Gasteiger partial charge in [-0.05, 0) is 49.7 Å². The second-order valence-electron chi connectivity index (χ2n) is 9.65. The van der Waals surface area contributed by atoms with Gasteiger partial charge in [-0.15, -0.1) is 0 Å². The van der Waals surface area contributed by atoms with Crippen LogP contribution in [0.4, 0.5) is 0 Å². The van der Waals surface area contributed by atoms with Crippen molar-refractivity contribution in [3.05, 3.63) is 34.7 Å². The fourth-order valence-corrected chi connectivity index (χ4v) is 5.99. The Bertz CT molecular complexity index is 868. The fraction of sp³-hybridized carbons (Fsp3) is 0.720. The van der Waals surface area contributed by atoms with Crippen LogP contribution in [0.25, 0.3) is 11.0 Å². The van der Waals surface area contributed by atoms with Crippen molar-refractivity contribution >= 4 is 11.0 Å². The maximum absolute atomic E-state index is 13.1. The normalized spacial score (nSPS) is 21.5. The van der Waals surface area contributed by atoms with E-state index in [9.17, 15) is 9.90 Å². The average Bonchev–Trinajstić information content (AvgIpc) is 3.03. The Morgan fingerprint density at radius 2 is 1.63 bits per heavy atom. The lowest BCUT2D eigenvalue weighted by molar-refractivity contribution is 0.0849. The van der Waals surface area contributed by atoms with Crippen molar-refractivity contribution in [2.45, 2.75) is 83.7 Å². The van der Waals surface area contributed by atoms with Crippen LogP contribution in [0.15, 0.2) is 29.1 Å². The second kappa shape index (κ2) is 9.69. The van der Waals surface area contributed by atoms with Crippen LogP contribution in [0.3, 0.4) is 0 Å². The summed E-state index contributed by atoms with van der Waals surface area (Å²) in [5.74, 6) is 0. The molecular formula is C25H39N3O2. The van der Waals surface area contributed by atoms with Crippen LogP contribution in [0.1, 0.15) is 77.2 Å². The molecular weight excluding hydrogens is 374 g/mol. The van der Waals surface area contributed by atoms with E-state index in [1.807, 2.05) is 22.8 Å². The molecule has 4 rings (SSSR count). The van der Waals surface area contributed by atoms with Gasteiger partial charge in [0.1, 0.15) is 0 Å². The van der Waals surface area contributed by atoms with Gasteiger partial charge in [-0.25, -0.2) is 4.79 Å². The number of fused-ring (bicyclic) bond motifs is 1. The zero-order chi connectivity index (χ0) is 21.0. The number of likely N-dealkylation sites (tertiary alicyclic amines) is 1. The second-order valence-corrected chi connectivity index (χ2v) is 9.65. The summed E-state index contributed by atoms with van der Waals surface area (Å²) in [5.41, 5.74) is 2.49. The predicted molar refractivity (Wildman–Crippen MR) is 123 cm³/mol. The Balaban J connectivity index is 1.47. The number of benzene rings is 1. The number of hydrogen-bond acceptors (Lipinski definition) is 3. The summed E-state index contributed by atoms with van der Waals surface area (Å²) in [4.78, 5) is 15.8. The summed E-state index contributed by atoms with van der Waals surface area (Å²) in [6.45, 7) is 6.15. The predicted octanol–water partition coefficient (Wildman–Crippen LogP) is 4.57. The lowest BCUT2D eigenvalue weighted by Crippen LogP contribution is -2.43. The van der Waals surface area contributed by atoms with Crippen LogP contribution in [0.5, 0.6) is 0 Å². The third kappa shape index (κ3) is 4.38. The molecule has 0 radical (unpaired) electrons. The maximum Gasteiger partial charge on any atom is 0.329 e. The minimum absolute atomic E-state index is 0.00847. The molecule has 0 amide bonds. The van der Waals surface area contributed by atoms with Gasteiger partial charge in [0.2, 0.25) is 0 Å². The summed E-state index contributed by atoms with van der Waals surface area (Å²) in [5, 5.41) is 9.42. The summed E-state index contributed by atoms with van der Waals surface area (Å²) in [6, 6.07) is 8.29. The van der Waals surface area contributed by atoms with E-state index in [0.29, 0.717) is 12.0 Å². The molecule has 5 nitrogen and oxygen atoms in total. The summed E-state index contributed by atoms with van der Waals surface area (Å²) in [7, 11) is 0. The summed E-state index contributed by atoms with van der Waals surface area (Å²) < 4.78 is 3.75. The molecule has 1 N–H and O–H groups in total. The molecule has 0 bridgehead atoms. The highest BCUT2D eigenvalue weighted by Gasteiger charge is 2.33. The molecule has 166 valence electrons. The summed E-state index contributed by atoms with van der Waals surface area (Å²) in [6.07, 6.45) is 13.2. The number of aromatic nitrogens is 2. The maximum atomic E-state index is 13.1. The molecule has 1 saturated carbocycles. The van der Waals surface area contributed by atoms with E-state index in [1.165, 1.54) is 57.9 Å². The van der Waals surface area contributed by atoms with Crippen LogP contribution < -0.4 is 5.69 Å². The van der Waals surface area contributed by atoms with Gasteiger partial charge in [-0.3, -0.25) is 9.13 Å². The van der Waals surface area contributed by atoms with Crippen molar-refractivity contribution < 1.29 is 5.11 Å². The van der Waals surface area contributed by atoms with Crippen LogP contribution in [-0.4, -0.2) is 45.4 Å². The molecule has 1 aliphatic carbocycles. The van der Waals surface area contributed by atoms with Crippen molar-refractivity contribution in [3.63, 3.8) is 0 Å². The van der Waals surface area contributed by atoms with Gasteiger partial charge in [0.15, 0.2) is 0 Å². The van der Waals surface area contributed by atoms with E-state index in [-0.39, 0.29) is 18.3 Å². The highest BCUT2D eigenvalue weighted by molar-refractivity contribution is 5.76. The number of rotatable bonds is 6. The zero-order valence-electron chi connectivity index (χ0n) is 18.7. The first-order valence-electron chi connectivity index (χ1n) is 12.2. The van der Waals surface area contributed by atoms with E-state index in [2.05, 4.69) is 17.9 Å². The number of piperidine rings is 1. The molecule has 0 atom stereocenters. The summed E-state index contributed by atoms with van der Waals surface area (Å²) >= 11 is 0. The first-order chi connectivity index (χ1) is 14.7. The van der Waals surface area contributed by atoms with Gasteiger partial charge in [-0.2, -0.15) is 0 Å². The van der Waals surface area contributed by atoms with E-state index in [0.717, 1.165) is 37.0 Å². The van der Waals surface area contributed by atoms with E-state index >= 15 is 0 Å². The lowest BCUT2D eigenvalue weighted by Gasteiger charge is -2.42. The number of aliphatic hydroxyl groups excluding tert-OH is 1. The largest absolute Gasteiger partial charge is 0.395 e. The van der Waals surface area contributed by atoms with Crippen molar-refractivity contribution in [1.82, 2.24) is 14.0 Å². The fourth-order valence-electron chi connectivity index (χ4n) is 5.99. The SMILES string of the molecule is CCC1(CN2CCC(n3c(=O)n(CCO)c4ccccc43)CC2)CCCCCCC1. The van der Waals surface area contributed by atoms with E-state index in [1.54, 1.807) is 4.57 Å². The Morgan fingerprint density at radius 3 is 2.27 bits per heavy atom. The molecule has 5 heteroatoms. The minimum Gasteiger partial charge on any atom is -0.395 e. The Labute approximate surface area is 180 Å². The van der Waals surface area contributed by atoms with Crippen molar-refractivity contribution in [3.8, 4) is 0 Å². The van der Waals surface area contributed by atoms with E-state index < -0.39 is 0 Å². The molecule has 2 heterocycles. The molecule has 30 heavy (non-hydrogen) atoms. The highest BCUT2D eigenvalue weighted by atomic mass is 16.3. The third-order valence-electron chi connectivity index (χ3n) is 7.84. The molecule has 1 aliphatic heterocycles. The van der Waals surface area contributed by atoms with Gasteiger partial charge in [0.05, 0.1) is 24.2 Å². The first kappa shape index (κ1) is 21.6. The smallest absolute Gasteiger partial charge is 0.329 e. The topological polar surface area (TPSA) is 50.4 Å². The van der Waals surface area contributed by atoms with Crippen molar-refractivity contribution in [2.75, 3.05) is 26.2 Å². The first-order valence-corrected chi connectivity index (χ1v) is 12.2. The van der Waals surface area contributed by atoms with Crippen LogP contribution >= 0.6 is 0 Å². The molecule has 0 spiro atoms. The third-order valence-corrected chi connectivity index (χ3v) is 7.84. The van der Waals surface area contributed by atoms with Crippen LogP contribution in [0.2, 0.25) is 0 Å². The van der Waals surface area contributed by atoms with Gasteiger partial charge < -0.3 is 10.0 Å². The number of para-hydroxylation sites is 2. The number of nitrogens with zero attached hydrogens (tertiary/aromatic N) is 3. The van der Waals surface area contributed by atoms with Gasteiger partial charge in [-0.1, -0.05) is 51.2 Å². The van der Waals surface area contributed by atoms with Crippen molar-refractivity contribution in [1.29, 1.82) is 0 Å². The zero-order valence-corrected chi connectivity index (χ0v) is 18.7. The Hall–Kier alpha value is -1.59. The molecule has 1 saturated heterocycles. The molecule has 0 unspecified atom stereocenters. The number of imidazole rings is 1. The highest BCUT2D eigenvalue weighted by Crippen LogP contribution is 2.39. The quantitative estimate of drug-likeness (QED) is 0.754. The molecule has 2 aromatic rings. The monoisotopic (exact) mass is 413 g/mol. The van der Waals surface area contributed by atoms with Crippen LogP contribution in [0, 0.1) is 5.41 Å². The number of aliphatic hydroxyl groups is 1. The van der Waals surface area contributed by atoms with Gasteiger partial charge in [0, 0.05) is 25.7 Å². The van der Waals surface area contributed by atoms with Gasteiger partial charge >= 0.3 is 5.69 Å². The Kier molecular flexibility index (Phi) is 6.99. The molecule has 1 aromatic carbocycles. The van der Waals surface area contributed by atoms with E-state index in [4.69, 9.17) is 0 Å². The average molecular weight is 414 g/mol. The molecule has 2 aliphatic rings. The lowest BCUT2D eigenvalue weighted by atomic mass is 9.73. The molecule has 2 fully saturated rings. The Morgan fingerprint density at radius 1 is 1.00 bits per heavy atom. The van der Waals surface area contributed by atoms with Gasteiger partial charge in [0.25, 0.3) is 0 Å². The standard InChI is InChI=1S/C25H39N3O2/c1-2-25(14-8-4-3-5-9-15-25)20-26-16-12-21(13-17-26)28-23-11-7-6-10-22(23)27(18-19-29)24(28)30/h6-7,10-11,21,29H,2-5,8-9,12-20H2,1H3. The number of hydrogen-bond donors (Lipinski definition) is 1. The van der Waals surface area contributed by atoms with Crippen molar-refractivity contribution in [2.24, 2.45) is 5.41 Å². The minimum atomic E-state index is -0.00847.